The van der Waals surface area contributed by atoms with Crippen molar-refractivity contribution >= 4 is 17.8 Å². The second kappa shape index (κ2) is 7.87. The SMILES string of the molecule is CNC(=O)CCNC(=O)CC1(CC(=O)O)CCCCC1. The minimum absolute atomic E-state index is 0.0515. The summed E-state index contributed by atoms with van der Waals surface area (Å²) < 4.78 is 0. The highest BCUT2D eigenvalue weighted by Crippen LogP contribution is 2.42. The number of aliphatic carboxylic acids is 1. The van der Waals surface area contributed by atoms with Crippen molar-refractivity contribution in [3.05, 3.63) is 0 Å². The normalized spacial score (nSPS) is 17.2. The third-order valence-corrected chi connectivity index (χ3v) is 3.93. The van der Waals surface area contributed by atoms with Gasteiger partial charge in [0.1, 0.15) is 0 Å². The van der Waals surface area contributed by atoms with Gasteiger partial charge in [-0.2, -0.15) is 0 Å². The quantitative estimate of drug-likeness (QED) is 0.651. The van der Waals surface area contributed by atoms with E-state index >= 15 is 0 Å². The van der Waals surface area contributed by atoms with Crippen LogP contribution in [-0.2, 0) is 14.4 Å². The van der Waals surface area contributed by atoms with E-state index in [1.165, 1.54) is 0 Å². The first-order valence-electron chi connectivity index (χ1n) is 7.16. The van der Waals surface area contributed by atoms with E-state index in [4.69, 9.17) is 5.11 Å². The fraction of sp³-hybridized carbons (Fsp3) is 0.786. The molecule has 0 radical (unpaired) electrons. The van der Waals surface area contributed by atoms with Crippen LogP contribution in [0.4, 0.5) is 0 Å². The van der Waals surface area contributed by atoms with Crippen LogP contribution >= 0.6 is 0 Å². The van der Waals surface area contributed by atoms with Gasteiger partial charge in [0.2, 0.25) is 11.8 Å². The van der Waals surface area contributed by atoms with E-state index in [2.05, 4.69) is 10.6 Å². The van der Waals surface area contributed by atoms with Gasteiger partial charge in [-0.15, -0.1) is 0 Å². The van der Waals surface area contributed by atoms with Crippen LogP contribution in [0, 0.1) is 5.41 Å². The topological polar surface area (TPSA) is 95.5 Å². The molecule has 0 spiro atoms. The molecule has 6 nitrogen and oxygen atoms in total. The highest BCUT2D eigenvalue weighted by molar-refractivity contribution is 5.80. The van der Waals surface area contributed by atoms with Gasteiger partial charge in [0, 0.05) is 26.4 Å². The molecule has 0 aliphatic heterocycles. The van der Waals surface area contributed by atoms with Crippen molar-refractivity contribution in [3.63, 3.8) is 0 Å². The first-order chi connectivity index (χ1) is 9.47. The van der Waals surface area contributed by atoms with Crippen LogP contribution in [0.25, 0.3) is 0 Å². The predicted octanol–water partition coefficient (Wildman–Crippen LogP) is 1.05. The molecule has 0 aromatic heterocycles. The van der Waals surface area contributed by atoms with Crippen LogP contribution in [0.15, 0.2) is 0 Å². The van der Waals surface area contributed by atoms with Crippen LogP contribution in [0.5, 0.6) is 0 Å². The fourth-order valence-electron chi connectivity index (χ4n) is 2.88. The molecule has 6 heteroatoms. The number of carbonyl (C=O) groups is 3. The minimum Gasteiger partial charge on any atom is -0.481 e. The van der Waals surface area contributed by atoms with Crippen molar-refractivity contribution in [1.29, 1.82) is 0 Å². The summed E-state index contributed by atoms with van der Waals surface area (Å²) >= 11 is 0. The summed E-state index contributed by atoms with van der Waals surface area (Å²) in [5.74, 6) is -1.12. The smallest absolute Gasteiger partial charge is 0.303 e. The largest absolute Gasteiger partial charge is 0.481 e. The molecule has 0 bridgehead atoms. The molecule has 1 aliphatic rings. The fourth-order valence-corrected chi connectivity index (χ4v) is 2.88. The zero-order valence-electron chi connectivity index (χ0n) is 12.0. The van der Waals surface area contributed by atoms with E-state index < -0.39 is 11.4 Å². The van der Waals surface area contributed by atoms with Crippen molar-refractivity contribution in [2.24, 2.45) is 5.41 Å². The molecule has 0 heterocycles. The molecule has 0 unspecified atom stereocenters. The zero-order valence-corrected chi connectivity index (χ0v) is 12.0. The first-order valence-corrected chi connectivity index (χ1v) is 7.16. The Morgan fingerprint density at radius 2 is 1.70 bits per heavy atom. The summed E-state index contributed by atoms with van der Waals surface area (Å²) in [4.78, 5) is 34.0. The van der Waals surface area contributed by atoms with Gasteiger partial charge in [0.25, 0.3) is 0 Å². The molecule has 2 amide bonds. The molecular formula is C14H24N2O4. The van der Waals surface area contributed by atoms with Crippen LogP contribution in [0.1, 0.15) is 51.4 Å². The Bertz CT molecular complexity index is 362. The van der Waals surface area contributed by atoms with E-state index in [-0.39, 0.29) is 31.1 Å². The molecule has 3 N–H and O–H groups in total. The third-order valence-electron chi connectivity index (χ3n) is 3.93. The van der Waals surface area contributed by atoms with Gasteiger partial charge in [-0.25, -0.2) is 0 Å². The third kappa shape index (κ3) is 5.59. The molecule has 0 atom stereocenters. The van der Waals surface area contributed by atoms with E-state index in [1.807, 2.05) is 0 Å². The Kier molecular flexibility index (Phi) is 6.48. The lowest BCUT2D eigenvalue weighted by Crippen LogP contribution is -2.36. The summed E-state index contributed by atoms with van der Waals surface area (Å²) in [6.07, 6.45) is 5.21. The monoisotopic (exact) mass is 284 g/mol. The maximum atomic E-state index is 11.9. The molecular weight excluding hydrogens is 260 g/mol. The number of hydrogen-bond donors (Lipinski definition) is 3. The van der Waals surface area contributed by atoms with E-state index in [0.29, 0.717) is 6.54 Å². The minimum atomic E-state index is -0.843. The molecule has 1 saturated carbocycles. The van der Waals surface area contributed by atoms with Gasteiger partial charge < -0.3 is 15.7 Å². The average molecular weight is 284 g/mol. The van der Waals surface area contributed by atoms with Crippen LogP contribution in [0.2, 0.25) is 0 Å². The van der Waals surface area contributed by atoms with Crippen molar-refractivity contribution < 1.29 is 19.5 Å². The standard InChI is InChI=1S/C14H24N2O4/c1-15-11(17)5-8-16-12(18)9-14(10-13(19)20)6-3-2-4-7-14/h2-10H2,1H3,(H,15,17)(H,16,18)(H,19,20). The van der Waals surface area contributed by atoms with Crippen molar-refractivity contribution in [3.8, 4) is 0 Å². The summed E-state index contributed by atoms with van der Waals surface area (Å²) in [5, 5.41) is 14.2. The van der Waals surface area contributed by atoms with Crippen molar-refractivity contribution in [1.82, 2.24) is 10.6 Å². The Labute approximate surface area is 119 Å². The molecule has 1 rings (SSSR count). The number of carbonyl (C=O) groups excluding carboxylic acids is 2. The predicted molar refractivity (Wildman–Crippen MR) is 74.1 cm³/mol. The lowest BCUT2D eigenvalue weighted by Gasteiger charge is -2.35. The number of carboxylic acids is 1. The molecule has 1 aliphatic carbocycles. The summed E-state index contributed by atoms with van der Waals surface area (Å²) in [6, 6.07) is 0. The van der Waals surface area contributed by atoms with E-state index in [9.17, 15) is 14.4 Å². The lowest BCUT2D eigenvalue weighted by molar-refractivity contribution is -0.141. The highest BCUT2D eigenvalue weighted by atomic mass is 16.4. The van der Waals surface area contributed by atoms with Gasteiger partial charge in [-0.05, 0) is 18.3 Å². The maximum absolute atomic E-state index is 11.9. The summed E-state index contributed by atoms with van der Waals surface area (Å²) in [6.45, 7) is 0.293. The van der Waals surface area contributed by atoms with E-state index in [1.54, 1.807) is 7.05 Å². The number of rotatable bonds is 7. The Morgan fingerprint density at radius 3 is 2.25 bits per heavy atom. The molecule has 1 fully saturated rings. The van der Waals surface area contributed by atoms with Gasteiger partial charge in [-0.1, -0.05) is 19.3 Å². The second-order valence-corrected chi connectivity index (χ2v) is 5.58. The van der Waals surface area contributed by atoms with Crippen molar-refractivity contribution in [2.45, 2.75) is 51.4 Å². The van der Waals surface area contributed by atoms with Crippen LogP contribution in [0.3, 0.4) is 0 Å². The zero-order chi connectivity index (χ0) is 15.0. The summed E-state index contributed by atoms with van der Waals surface area (Å²) in [5.41, 5.74) is -0.402. The first kappa shape index (κ1) is 16.5. The molecule has 0 aromatic rings. The average Bonchev–Trinajstić information content (AvgIpc) is 2.38. The molecule has 0 saturated heterocycles. The number of carboxylic acid groups (broad SMARTS) is 1. The van der Waals surface area contributed by atoms with Gasteiger partial charge in [0.05, 0.1) is 6.42 Å². The molecule has 20 heavy (non-hydrogen) atoms. The molecule has 0 aromatic carbocycles. The van der Waals surface area contributed by atoms with Gasteiger partial charge >= 0.3 is 5.97 Å². The lowest BCUT2D eigenvalue weighted by atomic mass is 9.69. The Balaban J connectivity index is 2.45. The molecule has 114 valence electrons. The maximum Gasteiger partial charge on any atom is 0.303 e. The van der Waals surface area contributed by atoms with Gasteiger partial charge in [0.15, 0.2) is 0 Å². The summed E-state index contributed by atoms with van der Waals surface area (Å²) in [7, 11) is 1.55. The Hall–Kier alpha value is -1.59. The number of nitrogens with one attached hydrogen (secondary N) is 2. The van der Waals surface area contributed by atoms with Crippen LogP contribution in [-0.4, -0.2) is 36.5 Å². The second-order valence-electron chi connectivity index (χ2n) is 5.58. The highest BCUT2D eigenvalue weighted by Gasteiger charge is 2.36. The number of amides is 2. The van der Waals surface area contributed by atoms with Crippen LogP contribution < -0.4 is 10.6 Å². The van der Waals surface area contributed by atoms with Crippen molar-refractivity contribution in [2.75, 3.05) is 13.6 Å². The number of hydrogen-bond acceptors (Lipinski definition) is 3. The Morgan fingerprint density at radius 1 is 1.05 bits per heavy atom. The van der Waals surface area contributed by atoms with E-state index in [0.717, 1.165) is 32.1 Å². The van der Waals surface area contributed by atoms with Gasteiger partial charge in [-0.3, -0.25) is 14.4 Å².